The van der Waals surface area contributed by atoms with Crippen molar-refractivity contribution in [3.05, 3.63) is 34.3 Å². The van der Waals surface area contributed by atoms with Gasteiger partial charge in [0, 0.05) is 24.8 Å². The van der Waals surface area contributed by atoms with Gasteiger partial charge in [0.1, 0.15) is 5.69 Å². The van der Waals surface area contributed by atoms with Gasteiger partial charge >= 0.3 is 0 Å². The average molecular weight is 272 g/mol. The molecule has 0 saturated heterocycles. The van der Waals surface area contributed by atoms with Gasteiger partial charge in [0.2, 0.25) is 5.88 Å². The summed E-state index contributed by atoms with van der Waals surface area (Å²) in [5.41, 5.74) is 11.1. The molecule has 106 valence electrons. The Hall–Kier alpha value is -1.88. The van der Waals surface area contributed by atoms with Crippen LogP contribution in [0.3, 0.4) is 0 Å². The minimum absolute atomic E-state index is 0.438. The predicted molar refractivity (Wildman–Crippen MR) is 76.9 cm³/mol. The van der Waals surface area contributed by atoms with E-state index in [1.807, 2.05) is 25.6 Å². The van der Waals surface area contributed by atoms with Gasteiger partial charge in [-0.3, -0.25) is 4.68 Å². The van der Waals surface area contributed by atoms with E-state index in [2.05, 4.69) is 16.1 Å². The van der Waals surface area contributed by atoms with Gasteiger partial charge in [0.15, 0.2) is 5.75 Å². The van der Waals surface area contributed by atoms with E-state index in [4.69, 9.17) is 10.5 Å². The summed E-state index contributed by atoms with van der Waals surface area (Å²) < 4.78 is 7.85. The van der Waals surface area contributed by atoms with Gasteiger partial charge in [-0.2, -0.15) is 5.10 Å². The molecule has 1 aliphatic carbocycles. The third kappa shape index (κ3) is 2.08. The lowest BCUT2D eigenvalue weighted by Gasteiger charge is -2.11. The van der Waals surface area contributed by atoms with Gasteiger partial charge in [-0.05, 0) is 44.7 Å². The number of nitrogens with two attached hydrogens (primary N) is 1. The van der Waals surface area contributed by atoms with E-state index in [-0.39, 0.29) is 0 Å². The molecule has 2 heterocycles. The van der Waals surface area contributed by atoms with Crippen molar-refractivity contribution in [1.82, 2.24) is 14.8 Å². The average Bonchev–Trinajstić information content (AvgIpc) is 2.97. The molecular formula is C15H20N4O. The van der Waals surface area contributed by atoms with Crippen LogP contribution in [0.15, 0.2) is 6.07 Å². The van der Waals surface area contributed by atoms with E-state index in [1.165, 1.54) is 12.0 Å². The molecule has 0 amide bonds. The molecule has 0 aromatic carbocycles. The number of fused-ring (bicyclic) bond motifs is 1. The van der Waals surface area contributed by atoms with Gasteiger partial charge in [-0.25, -0.2) is 4.98 Å². The van der Waals surface area contributed by atoms with Gasteiger partial charge in [0.25, 0.3) is 0 Å². The highest BCUT2D eigenvalue weighted by Crippen LogP contribution is 2.32. The van der Waals surface area contributed by atoms with E-state index in [0.29, 0.717) is 12.4 Å². The molecule has 0 fully saturated rings. The quantitative estimate of drug-likeness (QED) is 0.930. The zero-order chi connectivity index (χ0) is 14.3. The number of hydrogen-bond donors (Lipinski definition) is 1. The number of hydrogen-bond acceptors (Lipinski definition) is 4. The van der Waals surface area contributed by atoms with Crippen LogP contribution in [0.1, 0.15) is 34.6 Å². The van der Waals surface area contributed by atoms with Crippen molar-refractivity contribution in [2.45, 2.75) is 39.7 Å². The highest BCUT2D eigenvalue weighted by atomic mass is 16.5. The Morgan fingerprint density at radius 1 is 1.35 bits per heavy atom. The number of nitrogens with zero attached hydrogens (tertiary/aromatic N) is 3. The Balaban J connectivity index is 2.02. The zero-order valence-corrected chi connectivity index (χ0v) is 12.2. The first-order chi connectivity index (χ1) is 9.60. The second-order valence-corrected chi connectivity index (χ2v) is 5.34. The normalized spacial score (nSPS) is 13.6. The molecule has 1 aliphatic rings. The molecular weight excluding hydrogens is 252 g/mol. The Bertz CT molecular complexity index is 660. The highest BCUT2D eigenvalue weighted by Gasteiger charge is 2.19. The van der Waals surface area contributed by atoms with Crippen LogP contribution in [0.5, 0.6) is 11.6 Å². The van der Waals surface area contributed by atoms with Gasteiger partial charge in [-0.15, -0.1) is 0 Å². The summed E-state index contributed by atoms with van der Waals surface area (Å²) in [6, 6.07) is 2.14. The summed E-state index contributed by atoms with van der Waals surface area (Å²) in [6.07, 6.45) is 3.29. The van der Waals surface area contributed by atoms with E-state index in [0.717, 1.165) is 41.2 Å². The second-order valence-electron chi connectivity index (χ2n) is 5.34. The molecule has 0 saturated carbocycles. The van der Waals surface area contributed by atoms with Crippen LogP contribution < -0.4 is 10.5 Å². The van der Waals surface area contributed by atoms with Crippen molar-refractivity contribution in [2.24, 2.45) is 12.8 Å². The lowest BCUT2D eigenvalue weighted by atomic mass is 10.1. The Morgan fingerprint density at radius 3 is 2.80 bits per heavy atom. The topological polar surface area (TPSA) is 66.0 Å². The molecule has 2 N–H and O–H groups in total. The minimum atomic E-state index is 0.438. The first kappa shape index (κ1) is 13.1. The maximum atomic E-state index is 6.03. The number of pyridine rings is 1. The summed E-state index contributed by atoms with van der Waals surface area (Å²) in [6.45, 7) is 4.37. The molecule has 0 bridgehead atoms. The van der Waals surface area contributed by atoms with Crippen molar-refractivity contribution >= 4 is 0 Å². The third-order valence-electron chi connectivity index (χ3n) is 3.95. The summed E-state index contributed by atoms with van der Waals surface area (Å²) in [4.78, 5) is 4.67. The maximum Gasteiger partial charge on any atom is 0.224 e. The van der Waals surface area contributed by atoms with Crippen LogP contribution in [-0.4, -0.2) is 14.8 Å². The van der Waals surface area contributed by atoms with Crippen LogP contribution in [0.2, 0.25) is 0 Å². The van der Waals surface area contributed by atoms with E-state index < -0.39 is 0 Å². The standard InChI is InChI=1S/C15H20N4O/c1-9-14(10(2)19(3)18-9)20-15-12(8-16)7-11-5-4-6-13(11)17-15/h7H,4-6,8,16H2,1-3H3. The van der Waals surface area contributed by atoms with Crippen molar-refractivity contribution in [1.29, 1.82) is 0 Å². The largest absolute Gasteiger partial charge is 0.435 e. The van der Waals surface area contributed by atoms with Crippen LogP contribution in [0, 0.1) is 13.8 Å². The molecule has 0 radical (unpaired) electrons. The molecule has 2 aromatic heterocycles. The van der Waals surface area contributed by atoms with E-state index in [1.54, 1.807) is 0 Å². The predicted octanol–water partition coefficient (Wildman–Crippen LogP) is 2.17. The summed E-state index contributed by atoms with van der Waals surface area (Å²) in [5.74, 6) is 1.42. The fraction of sp³-hybridized carbons (Fsp3) is 0.467. The van der Waals surface area contributed by atoms with Crippen molar-refractivity contribution in [3.8, 4) is 11.6 Å². The number of rotatable bonds is 3. The van der Waals surface area contributed by atoms with Crippen molar-refractivity contribution in [3.63, 3.8) is 0 Å². The lowest BCUT2D eigenvalue weighted by molar-refractivity contribution is 0.447. The van der Waals surface area contributed by atoms with Gasteiger partial charge in [-0.1, -0.05) is 0 Å². The first-order valence-electron chi connectivity index (χ1n) is 7.00. The van der Waals surface area contributed by atoms with Crippen molar-refractivity contribution < 1.29 is 4.74 Å². The van der Waals surface area contributed by atoms with E-state index >= 15 is 0 Å². The smallest absolute Gasteiger partial charge is 0.224 e. The molecule has 0 spiro atoms. The molecule has 0 atom stereocenters. The second kappa shape index (κ2) is 4.90. The van der Waals surface area contributed by atoms with Crippen LogP contribution in [-0.2, 0) is 26.4 Å². The third-order valence-corrected chi connectivity index (χ3v) is 3.95. The van der Waals surface area contributed by atoms with Gasteiger partial charge < -0.3 is 10.5 Å². The monoisotopic (exact) mass is 272 g/mol. The SMILES string of the molecule is Cc1nn(C)c(C)c1Oc1nc2c(cc1CN)CCC2. The Labute approximate surface area is 118 Å². The molecule has 0 unspecified atom stereocenters. The zero-order valence-electron chi connectivity index (χ0n) is 12.2. The first-order valence-corrected chi connectivity index (χ1v) is 7.00. The summed E-state index contributed by atoms with van der Waals surface area (Å²) >= 11 is 0. The number of ether oxygens (including phenoxy) is 1. The summed E-state index contributed by atoms with van der Waals surface area (Å²) in [5, 5.41) is 4.37. The Morgan fingerprint density at radius 2 is 2.15 bits per heavy atom. The van der Waals surface area contributed by atoms with Crippen LogP contribution in [0.25, 0.3) is 0 Å². The number of aromatic nitrogens is 3. The van der Waals surface area contributed by atoms with Crippen molar-refractivity contribution in [2.75, 3.05) is 0 Å². The fourth-order valence-electron chi connectivity index (χ4n) is 2.73. The summed E-state index contributed by atoms with van der Waals surface area (Å²) in [7, 11) is 1.91. The molecule has 2 aromatic rings. The maximum absolute atomic E-state index is 6.03. The fourth-order valence-corrected chi connectivity index (χ4v) is 2.73. The molecule has 0 aliphatic heterocycles. The molecule has 5 heteroatoms. The van der Waals surface area contributed by atoms with Crippen LogP contribution in [0.4, 0.5) is 0 Å². The van der Waals surface area contributed by atoms with Gasteiger partial charge in [0.05, 0.1) is 5.69 Å². The molecule has 5 nitrogen and oxygen atoms in total. The molecule has 20 heavy (non-hydrogen) atoms. The van der Waals surface area contributed by atoms with E-state index in [9.17, 15) is 0 Å². The molecule has 3 rings (SSSR count). The lowest BCUT2D eigenvalue weighted by Crippen LogP contribution is -2.04. The number of aryl methyl sites for hydroxylation is 4. The minimum Gasteiger partial charge on any atom is -0.435 e. The Kier molecular flexibility index (Phi) is 3.22. The highest BCUT2D eigenvalue weighted by molar-refractivity contribution is 5.41. The van der Waals surface area contributed by atoms with Crippen LogP contribution >= 0.6 is 0 Å².